The summed E-state index contributed by atoms with van der Waals surface area (Å²) in [6, 6.07) is 3.58. The molecule has 0 spiro atoms. The number of hydrogen-bond acceptors (Lipinski definition) is 3. The second-order valence-electron chi connectivity index (χ2n) is 4.38. The summed E-state index contributed by atoms with van der Waals surface area (Å²) in [5.74, 6) is 0.809. The Balaban J connectivity index is 2.79. The molecule has 0 aromatic heterocycles. The molecule has 0 saturated heterocycles. The van der Waals surface area contributed by atoms with E-state index >= 15 is 0 Å². The lowest BCUT2D eigenvalue weighted by Crippen LogP contribution is -2.31. The first-order chi connectivity index (χ1) is 7.95. The Hall–Kier alpha value is -0.770. The third kappa shape index (κ3) is 3.87. The Bertz CT molecular complexity index is 380. The smallest absolute Gasteiger partial charge is 0.122 e. The zero-order valence-corrected chi connectivity index (χ0v) is 11.3. The Morgan fingerprint density at radius 3 is 2.65 bits per heavy atom. The van der Waals surface area contributed by atoms with Crippen molar-refractivity contribution in [2.75, 3.05) is 7.11 Å². The van der Waals surface area contributed by atoms with Gasteiger partial charge in [0.05, 0.1) is 13.2 Å². The Morgan fingerprint density at radius 2 is 2.12 bits per heavy atom. The van der Waals surface area contributed by atoms with Crippen LogP contribution < -0.4 is 10.5 Å². The molecule has 0 amide bonds. The third-order valence-electron chi connectivity index (χ3n) is 2.88. The van der Waals surface area contributed by atoms with Crippen molar-refractivity contribution in [1.82, 2.24) is 0 Å². The average Bonchev–Trinajstić information content (AvgIpc) is 2.29. The highest BCUT2D eigenvalue weighted by Crippen LogP contribution is 2.27. The first kappa shape index (κ1) is 14.3. The van der Waals surface area contributed by atoms with Gasteiger partial charge in [-0.1, -0.05) is 11.6 Å². The zero-order chi connectivity index (χ0) is 13.0. The van der Waals surface area contributed by atoms with Crippen molar-refractivity contribution >= 4 is 11.6 Å². The van der Waals surface area contributed by atoms with Gasteiger partial charge in [0.2, 0.25) is 0 Å². The molecule has 2 atom stereocenters. The number of aryl methyl sites for hydroxylation is 2. The molecule has 0 heterocycles. The minimum absolute atomic E-state index is 0.220. The monoisotopic (exact) mass is 257 g/mol. The van der Waals surface area contributed by atoms with E-state index in [1.807, 2.05) is 19.1 Å². The van der Waals surface area contributed by atoms with Crippen molar-refractivity contribution in [3.63, 3.8) is 0 Å². The fraction of sp³-hybridized carbons (Fsp3) is 0.538. The lowest BCUT2D eigenvalue weighted by molar-refractivity contribution is 0.141. The molecule has 96 valence electrons. The molecular weight excluding hydrogens is 238 g/mol. The van der Waals surface area contributed by atoms with Crippen LogP contribution >= 0.6 is 11.6 Å². The van der Waals surface area contributed by atoms with Gasteiger partial charge in [-0.2, -0.15) is 0 Å². The number of ether oxygens (including phenoxy) is 1. The maximum atomic E-state index is 9.68. The van der Waals surface area contributed by atoms with Gasteiger partial charge in [-0.25, -0.2) is 0 Å². The first-order valence-corrected chi connectivity index (χ1v) is 6.10. The molecule has 0 aliphatic heterocycles. The van der Waals surface area contributed by atoms with E-state index in [-0.39, 0.29) is 6.04 Å². The molecule has 0 bridgehead atoms. The highest BCUT2D eigenvalue weighted by atomic mass is 35.5. The SMILES string of the molecule is COc1cc(C)c(Cl)cc1CCC(O)C(C)N. The molecule has 0 saturated carbocycles. The average molecular weight is 258 g/mol. The topological polar surface area (TPSA) is 55.5 Å². The molecular formula is C13H20ClNO2. The zero-order valence-electron chi connectivity index (χ0n) is 10.5. The Kier molecular flexibility index (Phi) is 5.25. The number of aliphatic hydroxyl groups excluding tert-OH is 1. The summed E-state index contributed by atoms with van der Waals surface area (Å²) in [4.78, 5) is 0. The van der Waals surface area contributed by atoms with Gasteiger partial charge in [0.1, 0.15) is 5.75 Å². The predicted molar refractivity (Wildman–Crippen MR) is 70.7 cm³/mol. The molecule has 0 aliphatic rings. The number of hydrogen-bond donors (Lipinski definition) is 2. The van der Waals surface area contributed by atoms with Gasteiger partial charge in [-0.15, -0.1) is 0 Å². The van der Waals surface area contributed by atoms with Crippen molar-refractivity contribution < 1.29 is 9.84 Å². The van der Waals surface area contributed by atoms with Gasteiger partial charge in [0.15, 0.2) is 0 Å². The quantitative estimate of drug-likeness (QED) is 0.851. The summed E-state index contributed by atoms with van der Waals surface area (Å²) in [6.07, 6.45) is 0.805. The largest absolute Gasteiger partial charge is 0.496 e. The van der Waals surface area contributed by atoms with Crippen LogP contribution in [-0.4, -0.2) is 24.4 Å². The van der Waals surface area contributed by atoms with Gasteiger partial charge in [-0.05, 0) is 49.9 Å². The van der Waals surface area contributed by atoms with Crippen LogP contribution in [0.5, 0.6) is 5.75 Å². The highest BCUT2D eigenvalue weighted by molar-refractivity contribution is 6.31. The van der Waals surface area contributed by atoms with Crippen LogP contribution in [0.3, 0.4) is 0 Å². The molecule has 1 aromatic rings. The van der Waals surface area contributed by atoms with Crippen molar-refractivity contribution in [3.05, 3.63) is 28.3 Å². The molecule has 0 radical (unpaired) electrons. The molecule has 2 unspecified atom stereocenters. The van der Waals surface area contributed by atoms with Crippen LogP contribution in [0.1, 0.15) is 24.5 Å². The second-order valence-corrected chi connectivity index (χ2v) is 4.79. The van der Waals surface area contributed by atoms with Gasteiger partial charge in [0, 0.05) is 11.1 Å². The predicted octanol–water partition coefficient (Wildman–Crippen LogP) is 2.30. The van der Waals surface area contributed by atoms with Crippen molar-refractivity contribution in [2.45, 2.75) is 38.8 Å². The molecule has 17 heavy (non-hydrogen) atoms. The number of rotatable bonds is 5. The van der Waals surface area contributed by atoms with E-state index in [4.69, 9.17) is 22.1 Å². The van der Waals surface area contributed by atoms with Gasteiger partial charge < -0.3 is 15.6 Å². The minimum Gasteiger partial charge on any atom is -0.496 e. The van der Waals surface area contributed by atoms with E-state index in [0.717, 1.165) is 21.9 Å². The van der Waals surface area contributed by atoms with Gasteiger partial charge in [-0.3, -0.25) is 0 Å². The number of halogens is 1. The number of benzene rings is 1. The Labute approximate surface area is 108 Å². The van der Waals surface area contributed by atoms with Crippen LogP contribution in [0.25, 0.3) is 0 Å². The fourth-order valence-electron chi connectivity index (χ4n) is 1.65. The molecule has 0 aliphatic carbocycles. The normalized spacial score (nSPS) is 14.5. The molecule has 0 fully saturated rings. The number of nitrogens with two attached hydrogens (primary N) is 1. The van der Waals surface area contributed by atoms with Gasteiger partial charge >= 0.3 is 0 Å². The van der Waals surface area contributed by atoms with E-state index in [9.17, 15) is 5.11 Å². The van der Waals surface area contributed by atoms with Crippen molar-refractivity contribution in [2.24, 2.45) is 5.73 Å². The first-order valence-electron chi connectivity index (χ1n) is 5.72. The van der Waals surface area contributed by atoms with Crippen LogP contribution in [0.4, 0.5) is 0 Å². The standard InChI is InChI=1S/C13H20ClNO2/c1-8-6-13(17-3)10(7-11(8)14)4-5-12(16)9(2)15/h6-7,9,12,16H,4-5,15H2,1-3H3. The Morgan fingerprint density at radius 1 is 1.47 bits per heavy atom. The third-order valence-corrected chi connectivity index (χ3v) is 3.29. The second kappa shape index (κ2) is 6.24. The molecule has 3 nitrogen and oxygen atoms in total. The summed E-state index contributed by atoms with van der Waals surface area (Å²) in [5.41, 5.74) is 7.61. The number of methoxy groups -OCH3 is 1. The molecule has 1 aromatic carbocycles. The van der Waals surface area contributed by atoms with Crippen LogP contribution in [0.15, 0.2) is 12.1 Å². The summed E-state index contributed by atoms with van der Waals surface area (Å²) >= 11 is 6.08. The van der Waals surface area contributed by atoms with Crippen LogP contribution in [0, 0.1) is 6.92 Å². The summed E-state index contributed by atoms with van der Waals surface area (Å²) < 4.78 is 5.30. The minimum atomic E-state index is -0.500. The van der Waals surface area contributed by atoms with Gasteiger partial charge in [0.25, 0.3) is 0 Å². The molecule has 1 rings (SSSR count). The maximum absolute atomic E-state index is 9.68. The highest BCUT2D eigenvalue weighted by Gasteiger charge is 2.12. The van der Waals surface area contributed by atoms with E-state index in [0.29, 0.717) is 12.8 Å². The molecule has 3 N–H and O–H groups in total. The van der Waals surface area contributed by atoms with E-state index in [1.54, 1.807) is 14.0 Å². The van der Waals surface area contributed by atoms with E-state index in [2.05, 4.69) is 0 Å². The summed E-state index contributed by atoms with van der Waals surface area (Å²) in [5, 5.41) is 10.4. The molecule has 4 heteroatoms. The summed E-state index contributed by atoms with van der Waals surface area (Å²) in [6.45, 7) is 3.73. The van der Waals surface area contributed by atoms with E-state index < -0.39 is 6.10 Å². The van der Waals surface area contributed by atoms with E-state index in [1.165, 1.54) is 0 Å². The fourth-order valence-corrected chi connectivity index (χ4v) is 1.83. The lowest BCUT2D eigenvalue weighted by atomic mass is 10.0. The van der Waals surface area contributed by atoms with Crippen LogP contribution in [0.2, 0.25) is 5.02 Å². The summed E-state index contributed by atoms with van der Waals surface area (Å²) in [7, 11) is 1.63. The lowest BCUT2D eigenvalue weighted by Gasteiger charge is -2.16. The van der Waals surface area contributed by atoms with Crippen LogP contribution in [-0.2, 0) is 6.42 Å². The van der Waals surface area contributed by atoms with Crippen molar-refractivity contribution in [1.29, 1.82) is 0 Å². The number of aliphatic hydroxyl groups is 1. The maximum Gasteiger partial charge on any atom is 0.122 e. The van der Waals surface area contributed by atoms with Crippen molar-refractivity contribution in [3.8, 4) is 5.75 Å².